The Morgan fingerprint density at radius 2 is 1.81 bits per heavy atom. The van der Waals surface area contributed by atoms with Crippen LogP contribution in [-0.4, -0.2) is 42.5 Å². The molecule has 1 atom stereocenters. The lowest BCUT2D eigenvalue weighted by Crippen LogP contribution is -2.38. The van der Waals surface area contributed by atoms with E-state index in [1.54, 1.807) is 42.7 Å². The van der Waals surface area contributed by atoms with Crippen LogP contribution in [0.5, 0.6) is 11.6 Å². The van der Waals surface area contributed by atoms with Gasteiger partial charge in [-0.2, -0.15) is 0 Å². The first-order valence-corrected chi connectivity index (χ1v) is 15.5. The smallest absolute Gasteiger partial charge is 0.263 e. The number of nitrogens with one attached hydrogen (secondary N) is 3. The van der Waals surface area contributed by atoms with Gasteiger partial charge in [-0.1, -0.05) is 48.0 Å². The van der Waals surface area contributed by atoms with Gasteiger partial charge in [-0.05, 0) is 68.3 Å². The summed E-state index contributed by atoms with van der Waals surface area (Å²) >= 11 is 6.19. The Morgan fingerprint density at radius 3 is 2.63 bits per heavy atom. The molecule has 2 aromatic heterocycles. The summed E-state index contributed by atoms with van der Waals surface area (Å²) in [5, 5.41) is 8.35. The van der Waals surface area contributed by atoms with Crippen LogP contribution in [0.3, 0.4) is 0 Å². The summed E-state index contributed by atoms with van der Waals surface area (Å²) in [6.07, 6.45) is 5.54. The van der Waals surface area contributed by atoms with Crippen LogP contribution in [0.4, 0.5) is 11.6 Å². The number of pyridine rings is 1. The van der Waals surface area contributed by atoms with E-state index in [1.165, 1.54) is 6.07 Å². The molecule has 3 aromatic carbocycles. The molecular formula is C31H30Cl2N6O3S. The topological polar surface area (TPSA) is 118 Å². The Bertz CT molecular complexity index is 1870. The Morgan fingerprint density at radius 1 is 0.953 bits per heavy atom. The number of anilines is 2. The normalized spacial score (nSPS) is 15.0. The molecule has 6 rings (SSSR count). The number of hydrogen-bond acceptors (Lipinski definition) is 8. The molecule has 0 radical (unpaired) electrons. The molecule has 0 saturated carbocycles. The van der Waals surface area contributed by atoms with E-state index in [2.05, 4.69) is 25.3 Å². The molecular weight excluding hydrogens is 607 g/mol. The Labute approximate surface area is 261 Å². The summed E-state index contributed by atoms with van der Waals surface area (Å²) in [5.74, 6) is 1.49. The number of halogens is 2. The van der Waals surface area contributed by atoms with E-state index in [0.717, 1.165) is 36.9 Å². The second-order valence-electron chi connectivity index (χ2n) is 10.1. The largest absolute Gasteiger partial charge is 0.437 e. The lowest BCUT2D eigenvalue weighted by Gasteiger charge is -2.23. The van der Waals surface area contributed by atoms with Crippen molar-refractivity contribution in [2.45, 2.75) is 30.7 Å². The first-order valence-electron chi connectivity index (χ1n) is 13.6. The molecule has 12 heteroatoms. The molecule has 0 unspecified atom stereocenters. The first kappa shape index (κ1) is 30.5. The minimum absolute atomic E-state index is 0. The summed E-state index contributed by atoms with van der Waals surface area (Å²) in [7, 11) is -3.93. The molecule has 0 bridgehead atoms. The highest BCUT2D eigenvalue weighted by atomic mass is 35.5. The van der Waals surface area contributed by atoms with E-state index >= 15 is 0 Å². The maximum Gasteiger partial charge on any atom is 0.263 e. The van der Waals surface area contributed by atoms with Crippen LogP contribution >= 0.6 is 24.0 Å². The van der Waals surface area contributed by atoms with Gasteiger partial charge in [0.15, 0.2) is 0 Å². The number of nitrogens with zero attached hydrogens (tertiary/aromatic N) is 3. The fourth-order valence-corrected chi connectivity index (χ4v) is 6.63. The summed E-state index contributed by atoms with van der Waals surface area (Å²) in [6.45, 7) is 3.83. The fraction of sp³-hybridized carbons (Fsp3) is 0.194. The molecule has 5 aromatic rings. The zero-order chi connectivity index (χ0) is 29.1. The van der Waals surface area contributed by atoms with Gasteiger partial charge in [0, 0.05) is 35.8 Å². The molecule has 1 saturated heterocycles. The van der Waals surface area contributed by atoms with Gasteiger partial charge in [0.05, 0.1) is 22.0 Å². The van der Waals surface area contributed by atoms with Gasteiger partial charge >= 0.3 is 0 Å². The third kappa shape index (κ3) is 6.67. The van der Waals surface area contributed by atoms with Gasteiger partial charge in [-0.3, -0.25) is 4.72 Å². The monoisotopic (exact) mass is 636 g/mol. The highest BCUT2D eigenvalue weighted by molar-refractivity contribution is 7.92. The molecule has 222 valence electrons. The minimum Gasteiger partial charge on any atom is -0.437 e. The zero-order valence-electron chi connectivity index (χ0n) is 23.2. The number of sulfonamides is 1. The zero-order valence-corrected chi connectivity index (χ0v) is 25.6. The van der Waals surface area contributed by atoms with Crippen LogP contribution < -0.4 is 20.1 Å². The van der Waals surface area contributed by atoms with Crippen LogP contribution in [0, 0.1) is 6.92 Å². The quantitative estimate of drug-likeness (QED) is 0.170. The highest BCUT2D eigenvalue weighted by Crippen LogP contribution is 2.39. The summed E-state index contributed by atoms with van der Waals surface area (Å²) in [5.41, 5.74) is 2.64. The van der Waals surface area contributed by atoms with Crippen molar-refractivity contribution < 1.29 is 13.2 Å². The number of ether oxygens (including phenoxy) is 1. The number of hydrogen-bond donors (Lipinski definition) is 3. The molecule has 1 aliphatic rings. The molecule has 1 fully saturated rings. The van der Waals surface area contributed by atoms with Crippen LogP contribution in [-0.2, 0) is 10.0 Å². The van der Waals surface area contributed by atoms with Crippen molar-refractivity contribution in [3.63, 3.8) is 0 Å². The van der Waals surface area contributed by atoms with Crippen molar-refractivity contribution in [3.05, 3.63) is 95.8 Å². The van der Waals surface area contributed by atoms with Gasteiger partial charge < -0.3 is 15.4 Å². The lowest BCUT2D eigenvalue weighted by atomic mass is 10.0. The van der Waals surface area contributed by atoms with Crippen LogP contribution in [0.25, 0.3) is 22.0 Å². The highest BCUT2D eigenvalue weighted by Gasteiger charge is 2.21. The van der Waals surface area contributed by atoms with E-state index < -0.39 is 10.0 Å². The van der Waals surface area contributed by atoms with Gasteiger partial charge in [-0.15, -0.1) is 12.4 Å². The SMILES string of the molecule is Cc1ccc2c(NS(=O)(=O)c3ccccc3Cl)cccc2c1Oc1ncccc1-c1ccnc(N[C@@H]2CCCNC2)n1.Cl. The summed E-state index contributed by atoms with van der Waals surface area (Å²) in [4.78, 5) is 13.7. The summed E-state index contributed by atoms with van der Waals surface area (Å²) < 4.78 is 35.6. The molecule has 0 amide bonds. The second-order valence-corrected chi connectivity index (χ2v) is 12.1. The first-order chi connectivity index (χ1) is 20.4. The van der Waals surface area contributed by atoms with Gasteiger partial charge in [0.1, 0.15) is 10.6 Å². The molecule has 9 nitrogen and oxygen atoms in total. The van der Waals surface area contributed by atoms with E-state index in [1.807, 2.05) is 43.3 Å². The molecule has 3 heterocycles. The van der Waals surface area contributed by atoms with Crippen LogP contribution in [0.15, 0.2) is 90.1 Å². The van der Waals surface area contributed by atoms with Crippen LogP contribution in [0.1, 0.15) is 18.4 Å². The number of piperidine rings is 1. The van der Waals surface area contributed by atoms with Gasteiger partial charge in [0.25, 0.3) is 10.0 Å². The predicted octanol–water partition coefficient (Wildman–Crippen LogP) is 6.83. The predicted molar refractivity (Wildman–Crippen MR) is 173 cm³/mol. The van der Waals surface area contributed by atoms with Gasteiger partial charge in [0.2, 0.25) is 11.8 Å². The van der Waals surface area contributed by atoms with Crippen molar-refractivity contribution >= 4 is 56.4 Å². The van der Waals surface area contributed by atoms with E-state index in [9.17, 15) is 8.42 Å². The van der Waals surface area contributed by atoms with Gasteiger partial charge in [-0.25, -0.2) is 23.4 Å². The maximum atomic E-state index is 13.2. The molecule has 43 heavy (non-hydrogen) atoms. The van der Waals surface area contributed by atoms with E-state index in [-0.39, 0.29) is 28.4 Å². The number of fused-ring (bicyclic) bond motifs is 1. The number of rotatable bonds is 8. The third-order valence-corrected chi connectivity index (χ3v) is 8.98. The van der Waals surface area contributed by atoms with Crippen LogP contribution in [0.2, 0.25) is 5.02 Å². The second kappa shape index (κ2) is 13.1. The van der Waals surface area contributed by atoms with Crippen molar-refractivity contribution in [3.8, 4) is 22.9 Å². The molecule has 0 aliphatic carbocycles. The third-order valence-electron chi connectivity index (χ3n) is 7.11. The Balaban J connectivity index is 0.00000368. The van der Waals surface area contributed by atoms with E-state index in [4.69, 9.17) is 21.3 Å². The number of benzene rings is 3. The average molecular weight is 638 g/mol. The van der Waals surface area contributed by atoms with Crippen molar-refractivity contribution in [1.29, 1.82) is 0 Å². The summed E-state index contributed by atoms with van der Waals surface area (Å²) in [6, 6.07) is 21.3. The molecule has 3 N–H and O–H groups in total. The molecule has 1 aliphatic heterocycles. The Hall–Kier alpha value is -3.96. The number of aromatic nitrogens is 3. The number of aryl methyl sites for hydroxylation is 1. The maximum absolute atomic E-state index is 13.2. The molecule has 0 spiro atoms. The minimum atomic E-state index is -3.93. The van der Waals surface area contributed by atoms with Crippen molar-refractivity contribution in [1.82, 2.24) is 20.3 Å². The van der Waals surface area contributed by atoms with Crippen molar-refractivity contribution in [2.75, 3.05) is 23.1 Å². The van der Waals surface area contributed by atoms with Crippen molar-refractivity contribution in [2.24, 2.45) is 0 Å². The van der Waals surface area contributed by atoms with E-state index in [0.29, 0.717) is 39.9 Å². The Kier molecular flexibility index (Phi) is 9.31. The lowest BCUT2D eigenvalue weighted by molar-refractivity contribution is 0.466. The fourth-order valence-electron chi connectivity index (χ4n) is 5.03. The standard InChI is InChI=1S/C31H29ClN6O3S.ClH/c1-20-13-14-22-23(8-4-11-27(22)38-42(39,40)28-12-3-2-10-25(28)32)29(20)41-30-24(9-6-17-34-30)26-15-18-35-31(37-26)36-21-7-5-16-33-19-21;/h2-4,6,8-15,17-18,21,33,38H,5,7,16,19H2,1H3,(H,35,36,37);1H/t21-;/m1./s1. The average Bonchev–Trinajstić information content (AvgIpc) is 2.99.